The molecule has 1 heterocycles. The van der Waals surface area contributed by atoms with Gasteiger partial charge >= 0.3 is 5.82 Å². The van der Waals surface area contributed by atoms with Crippen molar-refractivity contribution in [3.8, 4) is 0 Å². The molecule has 0 unspecified atom stereocenters. The molecule has 0 spiro atoms. The van der Waals surface area contributed by atoms with Crippen LogP contribution in [0, 0.1) is 0 Å². The molecule has 13 heavy (non-hydrogen) atoms. The highest BCUT2D eigenvalue weighted by Gasteiger charge is 2.18. The molecular formula is C9H12N2O2. The van der Waals surface area contributed by atoms with Crippen molar-refractivity contribution < 1.29 is 14.5 Å². The lowest BCUT2D eigenvalue weighted by molar-refractivity contribution is -0.719. The molecule has 0 aliphatic rings. The Kier molecular flexibility index (Phi) is 2.51. The van der Waals surface area contributed by atoms with E-state index in [4.69, 9.17) is 0 Å². The van der Waals surface area contributed by atoms with E-state index in [1.807, 2.05) is 13.8 Å². The van der Waals surface area contributed by atoms with Gasteiger partial charge in [0.25, 0.3) is 0 Å². The fourth-order valence-corrected chi connectivity index (χ4v) is 1.19. The number of carboxylic acid groups (broad SMARTS) is 1. The van der Waals surface area contributed by atoms with E-state index in [1.54, 1.807) is 17.0 Å². The Balaban J connectivity index is 3.29. The number of hydrogen-bond donors (Lipinski definition) is 0. The van der Waals surface area contributed by atoms with Crippen LogP contribution < -0.4 is 9.67 Å². The fourth-order valence-electron chi connectivity index (χ4n) is 1.19. The molecule has 0 fully saturated rings. The number of aromatic nitrogens is 2. The third-order valence-electron chi connectivity index (χ3n) is 1.81. The zero-order valence-electron chi connectivity index (χ0n) is 7.73. The third-order valence-corrected chi connectivity index (χ3v) is 1.81. The quantitative estimate of drug-likeness (QED) is 0.606. The molecule has 0 bridgehead atoms. The summed E-state index contributed by atoms with van der Waals surface area (Å²) < 4.78 is 3.05. The Hall–Kier alpha value is -1.58. The van der Waals surface area contributed by atoms with Crippen LogP contribution in [0.15, 0.2) is 19.0 Å². The van der Waals surface area contributed by atoms with Crippen LogP contribution in [0.1, 0.15) is 30.5 Å². The van der Waals surface area contributed by atoms with Crippen molar-refractivity contribution in [2.24, 2.45) is 0 Å². The molecule has 70 valence electrons. The molecule has 0 saturated carbocycles. The number of imidazole rings is 1. The lowest BCUT2D eigenvalue weighted by atomic mass is 10.4. The topological polar surface area (TPSA) is 48.9 Å². The Morgan fingerprint density at radius 1 is 1.77 bits per heavy atom. The first-order valence-electron chi connectivity index (χ1n) is 4.03. The normalized spacial score (nSPS) is 10.4. The molecule has 0 amide bonds. The summed E-state index contributed by atoms with van der Waals surface area (Å²) in [6.07, 6.45) is 4.76. The molecule has 0 aromatic carbocycles. The number of aromatic carboxylic acids is 1. The van der Waals surface area contributed by atoms with Gasteiger partial charge in [0.15, 0.2) is 5.97 Å². The van der Waals surface area contributed by atoms with Gasteiger partial charge in [0.1, 0.15) is 12.4 Å². The van der Waals surface area contributed by atoms with E-state index in [0.717, 1.165) is 0 Å². The minimum absolute atomic E-state index is 0.0918. The van der Waals surface area contributed by atoms with Gasteiger partial charge in [0.05, 0.1) is 12.2 Å². The first-order valence-corrected chi connectivity index (χ1v) is 4.03. The summed E-state index contributed by atoms with van der Waals surface area (Å²) in [6.45, 7) is 7.31. The maximum atomic E-state index is 10.8. The molecule has 0 aliphatic heterocycles. The van der Waals surface area contributed by atoms with Gasteiger partial charge in [-0.1, -0.05) is 6.58 Å². The minimum Gasteiger partial charge on any atom is -0.538 e. The van der Waals surface area contributed by atoms with E-state index in [-0.39, 0.29) is 11.9 Å². The Bertz CT molecular complexity index is 339. The minimum atomic E-state index is -1.20. The van der Waals surface area contributed by atoms with Gasteiger partial charge in [-0.05, 0) is 13.8 Å². The molecule has 0 aliphatic carbocycles. The Morgan fingerprint density at radius 3 is 2.77 bits per heavy atom. The standard InChI is InChI=1S/C9H12N2O2/c1-4-10-5-6-11(7(2)3)8(10)9(12)13/h4-7H,1H2,2-3H3. The predicted molar refractivity (Wildman–Crippen MR) is 45.7 cm³/mol. The predicted octanol–water partition coefficient (Wildman–Crippen LogP) is -0.179. The largest absolute Gasteiger partial charge is 0.538 e. The van der Waals surface area contributed by atoms with Gasteiger partial charge in [0.2, 0.25) is 0 Å². The van der Waals surface area contributed by atoms with E-state index in [0.29, 0.717) is 0 Å². The lowest BCUT2D eigenvalue weighted by Gasteiger charge is -2.05. The summed E-state index contributed by atoms with van der Waals surface area (Å²) in [4.78, 5) is 10.8. The van der Waals surface area contributed by atoms with Gasteiger partial charge in [-0.3, -0.25) is 0 Å². The summed E-state index contributed by atoms with van der Waals surface area (Å²) >= 11 is 0. The molecule has 1 aromatic heterocycles. The van der Waals surface area contributed by atoms with Gasteiger partial charge in [-0.25, -0.2) is 9.13 Å². The number of carboxylic acids is 1. The van der Waals surface area contributed by atoms with Crippen molar-refractivity contribution in [3.05, 3.63) is 24.8 Å². The van der Waals surface area contributed by atoms with Crippen LogP contribution in [0.3, 0.4) is 0 Å². The third kappa shape index (κ3) is 1.61. The number of carbonyl (C=O) groups excluding carboxylic acids is 1. The second-order valence-corrected chi connectivity index (χ2v) is 3.00. The molecule has 0 radical (unpaired) electrons. The molecule has 0 N–H and O–H groups in total. The van der Waals surface area contributed by atoms with Crippen molar-refractivity contribution in [2.45, 2.75) is 19.9 Å². The average Bonchev–Trinajstić information content (AvgIpc) is 2.46. The summed E-state index contributed by atoms with van der Waals surface area (Å²) in [7, 11) is 0. The molecule has 0 atom stereocenters. The summed E-state index contributed by atoms with van der Waals surface area (Å²) in [5.41, 5.74) is 0. The van der Waals surface area contributed by atoms with Crippen LogP contribution in [0.5, 0.6) is 0 Å². The smallest absolute Gasteiger partial charge is 0.309 e. The second kappa shape index (κ2) is 3.43. The zero-order chi connectivity index (χ0) is 10.0. The number of rotatable bonds is 3. The van der Waals surface area contributed by atoms with E-state index in [2.05, 4.69) is 6.58 Å². The van der Waals surface area contributed by atoms with Crippen molar-refractivity contribution >= 4 is 12.2 Å². The maximum Gasteiger partial charge on any atom is 0.309 e. The van der Waals surface area contributed by atoms with E-state index in [1.165, 1.54) is 10.8 Å². The first-order chi connectivity index (χ1) is 6.07. The summed E-state index contributed by atoms with van der Waals surface area (Å²) in [5.74, 6) is -1.08. The highest BCUT2D eigenvalue weighted by Crippen LogP contribution is 1.99. The molecule has 1 rings (SSSR count). The van der Waals surface area contributed by atoms with Crippen LogP contribution in [-0.2, 0) is 0 Å². The number of nitrogens with zero attached hydrogens (tertiary/aromatic N) is 2. The zero-order valence-corrected chi connectivity index (χ0v) is 7.73. The molecule has 1 aromatic rings. The van der Waals surface area contributed by atoms with Crippen molar-refractivity contribution in [2.75, 3.05) is 0 Å². The highest BCUT2D eigenvalue weighted by atomic mass is 16.4. The van der Waals surface area contributed by atoms with Crippen LogP contribution in [-0.4, -0.2) is 10.5 Å². The van der Waals surface area contributed by atoms with Crippen molar-refractivity contribution in [1.29, 1.82) is 0 Å². The van der Waals surface area contributed by atoms with Gasteiger partial charge in [0, 0.05) is 0 Å². The Labute approximate surface area is 76.7 Å². The van der Waals surface area contributed by atoms with E-state index < -0.39 is 5.97 Å². The number of hydrogen-bond acceptors (Lipinski definition) is 2. The molecular weight excluding hydrogens is 168 g/mol. The van der Waals surface area contributed by atoms with Crippen molar-refractivity contribution in [3.63, 3.8) is 0 Å². The van der Waals surface area contributed by atoms with Crippen LogP contribution >= 0.6 is 0 Å². The Morgan fingerprint density at radius 2 is 2.38 bits per heavy atom. The second-order valence-electron chi connectivity index (χ2n) is 3.00. The van der Waals surface area contributed by atoms with Crippen LogP contribution in [0.25, 0.3) is 6.20 Å². The molecule has 4 heteroatoms. The lowest BCUT2D eigenvalue weighted by Crippen LogP contribution is -2.45. The van der Waals surface area contributed by atoms with Gasteiger partial charge in [-0.15, -0.1) is 0 Å². The molecule has 0 saturated heterocycles. The van der Waals surface area contributed by atoms with E-state index in [9.17, 15) is 9.90 Å². The van der Waals surface area contributed by atoms with Gasteiger partial charge < -0.3 is 9.90 Å². The van der Waals surface area contributed by atoms with Crippen LogP contribution in [0.2, 0.25) is 0 Å². The average molecular weight is 180 g/mol. The summed E-state index contributed by atoms with van der Waals surface area (Å²) in [6, 6.07) is 0.0918. The van der Waals surface area contributed by atoms with Crippen LogP contribution in [0.4, 0.5) is 0 Å². The first kappa shape index (κ1) is 9.51. The monoisotopic (exact) mass is 180 g/mol. The summed E-state index contributed by atoms with van der Waals surface area (Å²) in [5, 5.41) is 10.8. The molecule has 4 nitrogen and oxygen atoms in total. The van der Waals surface area contributed by atoms with E-state index >= 15 is 0 Å². The maximum absolute atomic E-state index is 10.8. The van der Waals surface area contributed by atoms with Crippen molar-refractivity contribution in [1.82, 2.24) is 4.57 Å². The fraction of sp³-hybridized carbons (Fsp3) is 0.333. The van der Waals surface area contributed by atoms with Gasteiger partial charge in [-0.2, -0.15) is 0 Å². The SMILES string of the molecule is C=Cn1cc[n+](C(C)C)c1C(=O)[O-]. The number of carbonyl (C=O) groups is 1. The highest BCUT2D eigenvalue weighted by molar-refractivity contribution is 5.80.